The summed E-state index contributed by atoms with van der Waals surface area (Å²) in [4.78, 5) is 3.33. The molecule has 0 radical (unpaired) electrons. The molecule has 1 N–H and O–H groups in total. The van der Waals surface area contributed by atoms with E-state index >= 15 is 0 Å². The Labute approximate surface area is 100 Å². The zero-order valence-electron chi connectivity index (χ0n) is 10.6. The maximum absolute atomic E-state index is 5.41. The fraction of sp³-hybridized carbons (Fsp3) is 0.385. The number of benzene rings is 1. The van der Waals surface area contributed by atoms with Crippen molar-refractivity contribution in [2.75, 3.05) is 21.3 Å². The zero-order chi connectivity index (χ0) is 12.4. The summed E-state index contributed by atoms with van der Waals surface area (Å²) >= 11 is 0. The van der Waals surface area contributed by atoms with E-state index in [2.05, 4.69) is 18.0 Å². The summed E-state index contributed by atoms with van der Waals surface area (Å²) in [5, 5.41) is 1.07. The third kappa shape index (κ3) is 1.79. The number of fused-ring (bicyclic) bond motifs is 1. The predicted molar refractivity (Wildman–Crippen MR) is 67.3 cm³/mol. The molecule has 0 unspecified atom stereocenters. The lowest BCUT2D eigenvalue weighted by atomic mass is 10.2. The second kappa shape index (κ2) is 4.57. The smallest absolute Gasteiger partial charge is 0.205 e. The number of aryl methyl sites for hydroxylation is 1. The third-order valence-corrected chi connectivity index (χ3v) is 2.86. The molecule has 1 aromatic heterocycles. The van der Waals surface area contributed by atoms with E-state index in [1.807, 2.05) is 6.07 Å². The van der Waals surface area contributed by atoms with Crippen LogP contribution in [0.25, 0.3) is 10.9 Å². The minimum absolute atomic E-state index is 0.618. The number of hydrogen-bond acceptors (Lipinski definition) is 3. The van der Waals surface area contributed by atoms with Crippen molar-refractivity contribution in [2.45, 2.75) is 13.3 Å². The number of H-pyrrole nitrogens is 1. The lowest BCUT2D eigenvalue weighted by Crippen LogP contribution is -1.95. The van der Waals surface area contributed by atoms with Crippen molar-refractivity contribution in [1.82, 2.24) is 4.98 Å². The minimum Gasteiger partial charge on any atom is -0.493 e. The van der Waals surface area contributed by atoms with Crippen LogP contribution in [0.3, 0.4) is 0 Å². The molecule has 0 aliphatic rings. The van der Waals surface area contributed by atoms with E-state index in [9.17, 15) is 0 Å². The van der Waals surface area contributed by atoms with Crippen LogP contribution in [-0.2, 0) is 6.42 Å². The molecule has 0 amide bonds. The van der Waals surface area contributed by atoms with E-state index in [1.54, 1.807) is 21.3 Å². The molecule has 4 nitrogen and oxygen atoms in total. The average molecular weight is 235 g/mol. The summed E-state index contributed by atoms with van der Waals surface area (Å²) in [5.41, 5.74) is 2.11. The van der Waals surface area contributed by atoms with Crippen LogP contribution in [0.2, 0.25) is 0 Å². The Morgan fingerprint density at radius 1 is 1.00 bits per heavy atom. The van der Waals surface area contributed by atoms with Gasteiger partial charge in [0.15, 0.2) is 11.5 Å². The number of ether oxygens (including phenoxy) is 3. The molecule has 0 fully saturated rings. The third-order valence-electron chi connectivity index (χ3n) is 2.86. The Morgan fingerprint density at radius 3 is 2.24 bits per heavy atom. The van der Waals surface area contributed by atoms with E-state index in [-0.39, 0.29) is 0 Å². The van der Waals surface area contributed by atoms with Crippen molar-refractivity contribution in [3.63, 3.8) is 0 Å². The average Bonchev–Trinajstić information content (AvgIpc) is 2.78. The number of hydrogen-bond donors (Lipinski definition) is 1. The summed E-state index contributed by atoms with van der Waals surface area (Å²) in [7, 11) is 4.86. The molecule has 92 valence electrons. The fourth-order valence-corrected chi connectivity index (χ4v) is 1.99. The maximum Gasteiger partial charge on any atom is 0.205 e. The molecule has 0 aliphatic heterocycles. The van der Waals surface area contributed by atoms with Gasteiger partial charge in [0.25, 0.3) is 0 Å². The molecule has 0 saturated carbocycles. The molecule has 0 bridgehead atoms. The van der Waals surface area contributed by atoms with Crippen LogP contribution in [0.1, 0.15) is 12.6 Å². The van der Waals surface area contributed by atoms with Crippen LogP contribution in [0.5, 0.6) is 17.2 Å². The van der Waals surface area contributed by atoms with Crippen LogP contribution in [0.15, 0.2) is 12.1 Å². The Balaban J connectivity index is 2.76. The predicted octanol–water partition coefficient (Wildman–Crippen LogP) is 2.76. The van der Waals surface area contributed by atoms with E-state index in [0.29, 0.717) is 17.2 Å². The molecule has 4 heteroatoms. The molecule has 1 heterocycles. The van der Waals surface area contributed by atoms with Crippen molar-refractivity contribution in [3.05, 3.63) is 17.8 Å². The van der Waals surface area contributed by atoms with Gasteiger partial charge in [0, 0.05) is 11.1 Å². The largest absolute Gasteiger partial charge is 0.493 e. The van der Waals surface area contributed by atoms with Gasteiger partial charge in [-0.25, -0.2) is 0 Å². The van der Waals surface area contributed by atoms with E-state index in [0.717, 1.165) is 23.0 Å². The molecule has 0 spiro atoms. The standard InChI is InChI=1S/C13H17NO3/c1-5-9-6-8-7-10(15-2)12(16-3)13(17-4)11(8)14-9/h6-7,14H,5H2,1-4H3. The Morgan fingerprint density at radius 2 is 1.71 bits per heavy atom. The molecular formula is C13H17NO3. The molecule has 1 aromatic carbocycles. The number of rotatable bonds is 4. The van der Waals surface area contributed by atoms with Gasteiger partial charge in [-0.05, 0) is 18.6 Å². The van der Waals surface area contributed by atoms with Gasteiger partial charge in [-0.3, -0.25) is 0 Å². The van der Waals surface area contributed by atoms with Crippen molar-refractivity contribution >= 4 is 10.9 Å². The van der Waals surface area contributed by atoms with E-state index in [1.165, 1.54) is 0 Å². The topological polar surface area (TPSA) is 43.5 Å². The van der Waals surface area contributed by atoms with E-state index in [4.69, 9.17) is 14.2 Å². The quantitative estimate of drug-likeness (QED) is 0.886. The van der Waals surface area contributed by atoms with Crippen molar-refractivity contribution < 1.29 is 14.2 Å². The monoisotopic (exact) mass is 235 g/mol. The van der Waals surface area contributed by atoms with Crippen LogP contribution in [0, 0.1) is 0 Å². The maximum atomic E-state index is 5.41. The van der Waals surface area contributed by atoms with Crippen LogP contribution in [-0.4, -0.2) is 26.3 Å². The first kappa shape index (κ1) is 11.6. The highest BCUT2D eigenvalue weighted by molar-refractivity contribution is 5.91. The number of aromatic nitrogens is 1. The van der Waals surface area contributed by atoms with Gasteiger partial charge in [0.05, 0.1) is 26.8 Å². The van der Waals surface area contributed by atoms with Crippen LogP contribution in [0.4, 0.5) is 0 Å². The summed E-state index contributed by atoms with van der Waals surface area (Å²) in [6.07, 6.45) is 0.947. The molecule has 2 aromatic rings. The number of nitrogens with one attached hydrogen (secondary N) is 1. The molecule has 0 atom stereocenters. The first-order chi connectivity index (χ1) is 8.24. The van der Waals surface area contributed by atoms with Crippen LogP contribution >= 0.6 is 0 Å². The number of methoxy groups -OCH3 is 3. The normalized spacial score (nSPS) is 10.6. The van der Waals surface area contributed by atoms with E-state index < -0.39 is 0 Å². The summed E-state index contributed by atoms with van der Waals surface area (Å²) < 4.78 is 16.1. The lowest BCUT2D eigenvalue weighted by Gasteiger charge is -2.12. The van der Waals surface area contributed by atoms with Gasteiger partial charge in [0.1, 0.15) is 0 Å². The van der Waals surface area contributed by atoms with Gasteiger partial charge >= 0.3 is 0 Å². The minimum atomic E-state index is 0.618. The van der Waals surface area contributed by atoms with Crippen molar-refractivity contribution in [2.24, 2.45) is 0 Å². The summed E-state index contributed by atoms with van der Waals surface area (Å²) in [5.74, 6) is 1.98. The second-order valence-corrected chi connectivity index (χ2v) is 3.76. The molecule has 2 rings (SSSR count). The van der Waals surface area contributed by atoms with Crippen LogP contribution < -0.4 is 14.2 Å². The van der Waals surface area contributed by atoms with Crippen molar-refractivity contribution in [3.8, 4) is 17.2 Å². The highest BCUT2D eigenvalue weighted by Gasteiger charge is 2.17. The van der Waals surface area contributed by atoms with Gasteiger partial charge < -0.3 is 19.2 Å². The molecular weight excluding hydrogens is 218 g/mol. The van der Waals surface area contributed by atoms with Crippen molar-refractivity contribution in [1.29, 1.82) is 0 Å². The lowest BCUT2D eigenvalue weighted by molar-refractivity contribution is 0.327. The Bertz CT molecular complexity index is 531. The highest BCUT2D eigenvalue weighted by atomic mass is 16.5. The number of aromatic amines is 1. The highest BCUT2D eigenvalue weighted by Crippen LogP contribution is 2.43. The van der Waals surface area contributed by atoms with Gasteiger partial charge in [-0.15, -0.1) is 0 Å². The van der Waals surface area contributed by atoms with Gasteiger partial charge in [-0.2, -0.15) is 0 Å². The second-order valence-electron chi connectivity index (χ2n) is 3.76. The Hall–Kier alpha value is -1.84. The first-order valence-electron chi connectivity index (χ1n) is 5.55. The fourth-order valence-electron chi connectivity index (χ4n) is 1.99. The SMILES string of the molecule is CCc1cc2cc(OC)c(OC)c(OC)c2[nH]1. The first-order valence-corrected chi connectivity index (χ1v) is 5.55. The van der Waals surface area contributed by atoms with Gasteiger partial charge in [-0.1, -0.05) is 6.92 Å². The summed E-state index contributed by atoms with van der Waals surface area (Å²) in [6, 6.07) is 4.05. The Kier molecular flexibility index (Phi) is 3.13. The molecule has 0 aliphatic carbocycles. The molecule has 0 saturated heterocycles. The summed E-state index contributed by atoms with van der Waals surface area (Å²) in [6.45, 7) is 2.10. The molecule has 17 heavy (non-hydrogen) atoms. The van der Waals surface area contributed by atoms with Gasteiger partial charge in [0.2, 0.25) is 5.75 Å². The zero-order valence-corrected chi connectivity index (χ0v) is 10.6.